The van der Waals surface area contributed by atoms with Crippen LogP contribution in [0.4, 0.5) is 0 Å². The summed E-state index contributed by atoms with van der Waals surface area (Å²) >= 11 is 10.9. The summed E-state index contributed by atoms with van der Waals surface area (Å²) in [5.74, 6) is 0.530. The zero-order valence-corrected chi connectivity index (χ0v) is 10.4. The molecule has 1 heterocycles. The van der Waals surface area contributed by atoms with E-state index in [1.54, 1.807) is 11.3 Å². The second-order valence-electron chi connectivity index (χ2n) is 2.75. The minimum absolute atomic E-state index is 0.530. The summed E-state index contributed by atoms with van der Waals surface area (Å²) in [6.45, 7) is 0. The quantitative estimate of drug-likeness (QED) is 0.750. The highest BCUT2D eigenvalue weighted by atomic mass is 79.9. The first-order chi connectivity index (χ1) is 6.81. The molecule has 72 valence electrons. The molecule has 1 aromatic heterocycles. The van der Waals surface area contributed by atoms with Crippen molar-refractivity contribution in [2.24, 2.45) is 0 Å². The summed E-state index contributed by atoms with van der Waals surface area (Å²) in [7, 11) is 0. The van der Waals surface area contributed by atoms with Gasteiger partial charge in [-0.1, -0.05) is 34.1 Å². The Balaban J connectivity index is 2.44. The molecule has 14 heavy (non-hydrogen) atoms. The lowest BCUT2D eigenvalue weighted by Crippen LogP contribution is -1.75. The smallest absolute Gasteiger partial charge is 0.124 e. The van der Waals surface area contributed by atoms with Crippen molar-refractivity contribution in [1.82, 2.24) is 4.98 Å². The molecule has 0 aliphatic heterocycles. The van der Waals surface area contributed by atoms with E-state index in [1.807, 2.05) is 30.5 Å². The molecule has 1 aromatic carbocycles. The SMILES string of the molecule is ClCc1cnc(-c2ccccc2Br)s1. The average Bonchev–Trinajstić information content (AvgIpc) is 2.67. The van der Waals surface area contributed by atoms with E-state index in [4.69, 9.17) is 11.6 Å². The van der Waals surface area contributed by atoms with E-state index in [2.05, 4.69) is 20.9 Å². The molecule has 0 atom stereocenters. The summed E-state index contributed by atoms with van der Waals surface area (Å²) in [6.07, 6.45) is 1.83. The van der Waals surface area contributed by atoms with Crippen molar-refractivity contribution < 1.29 is 0 Å². The first-order valence-corrected chi connectivity index (χ1v) is 6.21. The monoisotopic (exact) mass is 287 g/mol. The van der Waals surface area contributed by atoms with Gasteiger partial charge in [-0.25, -0.2) is 4.98 Å². The van der Waals surface area contributed by atoms with Crippen molar-refractivity contribution in [2.75, 3.05) is 0 Å². The van der Waals surface area contributed by atoms with E-state index in [0.717, 1.165) is 19.9 Å². The van der Waals surface area contributed by atoms with Crippen LogP contribution in [0.25, 0.3) is 10.6 Å². The second kappa shape index (κ2) is 4.43. The lowest BCUT2D eigenvalue weighted by Gasteiger charge is -1.98. The molecule has 2 rings (SSSR count). The van der Waals surface area contributed by atoms with Gasteiger partial charge in [0.05, 0.1) is 5.88 Å². The number of hydrogen-bond donors (Lipinski definition) is 0. The number of halogens is 2. The van der Waals surface area contributed by atoms with Gasteiger partial charge in [0, 0.05) is 21.1 Å². The van der Waals surface area contributed by atoms with Crippen LogP contribution in [0, 0.1) is 0 Å². The van der Waals surface area contributed by atoms with Crippen molar-refractivity contribution in [2.45, 2.75) is 5.88 Å². The average molecular weight is 289 g/mol. The Hall–Kier alpha value is -0.380. The molecule has 1 nitrogen and oxygen atoms in total. The normalized spacial score (nSPS) is 10.4. The molecule has 0 aliphatic rings. The van der Waals surface area contributed by atoms with Gasteiger partial charge < -0.3 is 0 Å². The number of benzene rings is 1. The lowest BCUT2D eigenvalue weighted by molar-refractivity contribution is 1.36. The molecule has 0 saturated carbocycles. The van der Waals surface area contributed by atoms with Crippen LogP contribution in [0.15, 0.2) is 34.9 Å². The predicted octanol–water partition coefficient (Wildman–Crippen LogP) is 4.31. The third-order valence-electron chi connectivity index (χ3n) is 1.79. The van der Waals surface area contributed by atoms with Gasteiger partial charge in [0.15, 0.2) is 0 Å². The van der Waals surface area contributed by atoms with E-state index >= 15 is 0 Å². The van der Waals surface area contributed by atoms with Crippen LogP contribution in [0.5, 0.6) is 0 Å². The number of thiazole rings is 1. The number of aromatic nitrogens is 1. The van der Waals surface area contributed by atoms with Crippen LogP contribution in [0.1, 0.15) is 4.88 Å². The van der Waals surface area contributed by atoms with Crippen LogP contribution in [0.3, 0.4) is 0 Å². The van der Waals surface area contributed by atoms with Gasteiger partial charge in [-0.05, 0) is 6.07 Å². The first kappa shape index (κ1) is 10.1. The molecule has 0 fully saturated rings. The Labute approximate surface area is 99.9 Å². The lowest BCUT2D eigenvalue weighted by atomic mass is 10.2. The molecule has 0 radical (unpaired) electrons. The van der Waals surface area contributed by atoms with Gasteiger partial charge in [-0.3, -0.25) is 0 Å². The summed E-state index contributed by atoms with van der Waals surface area (Å²) < 4.78 is 1.07. The van der Waals surface area contributed by atoms with E-state index < -0.39 is 0 Å². The zero-order valence-electron chi connectivity index (χ0n) is 7.21. The van der Waals surface area contributed by atoms with Gasteiger partial charge >= 0.3 is 0 Å². The maximum atomic E-state index is 5.73. The third-order valence-corrected chi connectivity index (χ3v) is 3.96. The van der Waals surface area contributed by atoms with Gasteiger partial charge in [-0.2, -0.15) is 0 Å². The Bertz CT molecular complexity index is 441. The summed E-state index contributed by atoms with van der Waals surface area (Å²) in [6, 6.07) is 8.05. The third kappa shape index (κ3) is 2.00. The second-order valence-corrected chi connectivity index (χ2v) is 4.98. The van der Waals surface area contributed by atoms with E-state index in [9.17, 15) is 0 Å². The minimum Gasteiger partial charge on any atom is -0.244 e. The molecule has 0 amide bonds. The van der Waals surface area contributed by atoms with Crippen LogP contribution >= 0.6 is 38.9 Å². The van der Waals surface area contributed by atoms with Gasteiger partial charge in [0.2, 0.25) is 0 Å². The fourth-order valence-electron chi connectivity index (χ4n) is 1.13. The van der Waals surface area contributed by atoms with Crippen molar-refractivity contribution in [3.63, 3.8) is 0 Å². The Morgan fingerprint density at radius 3 is 2.79 bits per heavy atom. The van der Waals surface area contributed by atoms with Gasteiger partial charge in [-0.15, -0.1) is 22.9 Å². The molecule has 0 bridgehead atoms. The fourth-order valence-corrected chi connectivity index (χ4v) is 2.77. The number of hydrogen-bond acceptors (Lipinski definition) is 2. The molecular formula is C10H7BrClNS. The number of rotatable bonds is 2. The predicted molar refractivity (Wildman–Crippen MR) is 64.8 cm³/mol. The van der Waals surface area contributed by atoms with Crippen molar-refractivity contribution >= 4 is 38.9 Å². The Morgan fingerprint density at radius 1 is 1.36 bits per heavy atom. The molecular weight excluding hydrogens is 282 g/mol. The standard InChI is InChI=1S/C10H7BrClNS/c11-9-4-2-1-3-8(9)10-13-6-7(5-12)14-10/h1-4,6H,5H2. The van der Waals surface area contributed by atoms with Gasteiger partial charge in [0.25, 0.3) is 0 Å². The van der Waals surface area contributed by atoms with Gasteiger partial charge in [0.1, 0.15) is 5.01 Å². The van der Waals surface area contributed by atoms with Crippen LogP contribution in [-0.2, 0) is 5.88 Å². The van der Waals surface area contributed by atoms with Crippen molar-refractivity contribution in [3.8, 4) is 10.6 Å². The summed E-state index contributed by atoms with van der Waals surface area (Å²) in [4.78, 5) is 5.42. The zero-order chi connectivity index (χ0) is 9.97. The molecule has 0 spiro atoms. The van der Waals surface area contributed by atoms with Crippen LogP contribution in [-0.4, -0.2) is 4.98 Å². The molecule has 0 saturated heterocycles. The maximum Gasteiger partial charge on any atom is 0.124 e. The van der Waals surface area contributed by atoms with E-state index in [0.29, 0.717) is 5.88 Å². The van der Waals surface area contributed by atoms with Crippen molar-refractivity contribution in [3.05, 3.63) is 39.8 Å². The summed E-state index contributed by atoms with van der Waals surface area (Å²) in [5.41, 5.74) is 1.12. The van der Waals surface area contributed by atoms with E-state index in [1.165, 1.54) is 0 Å². The Kier molecular flexibility index (Phi) is 3.21. The fraction of sp³-hybridized carbons (Fsp3) is 0.100. The van der Waals surface area contributed by atoms with Crippen LogP contribution < -0.4 is 0 Å². The highest BCUT2D eigenvalue weighted by Crippen LogP contribution is 2.31. The topological polar surface area (TPSA) is 12.9 Å². The highest BCUT2D eigenvalue weighted by Gasteiger charge is 2.06. The maximum absolute atomic E-state index is 5.73. The van der Waals surface area contributed by atoms with Crippen molar-refractivity contribution in [1.29, 1.82) is 0 Å². The highest BCUT2D eigenvalue weighted by molar-refractivity contribution is 9.10. The molecule has 0 unspecified atom stereocenters. The molecule has 2 aromatic rings. The molecule has 0 aliphatic carbocycles. The largest absolute Gasteiger partial charge is 0.244 e. The first-order valence-electron chi connectivity index (χ1n) is 4.07. The number of nitrogens with zero attached hydrogens (tertiary/aromatic N) is 1. The number of alkyl halides is 1. The molecule has 4 heteroatoms. The van der Waals surface area contributed by atoms with Crippen LogP contribution in [0.2, 0.25) is 0 Å². The minimum atomic E-state index is 0.530. The molecule has 0 N–H and O–H groups in total. The summed E-state index contributed by atoms with van der Waals surface area (Å²) in [5, 5.41) is 1.01. The van der Waals surface area contributed by atoms with E-state index in [-0.39, 0.29) is 0 Å². The Morgan fingerprint density at radius 2 is 2.14 bits per heavy atom.